The molecule has 1 fully saturated rings. The van der Waals surface area contributed by atoms with E-state index in [4.69, 9.17) is 28.7 Å². The molecule has 2 aromatic rings. The number of hydrogen-bond donors (Lipinski definition) is 1. The number of thiophene rings is 1. The first-order valence-corrected chi connectivity index (χ1v) is 10.9. The van der Waals surface area contributed by atoms with Crippen LogP contribution in [0.2, 0.25) is 5.02 Å². The van der Waals surface area contributed by atoms with Crippen molar-refractivity contribution >= 4 is 62.3 Å². The number of thiocarbonyl (C=S) groups is 1. The molecule has 148 valence electrons. The van der Waals surface area contributed by atoms with Gasteiger partial charge in [0.15, 0.2) is 4.32 Å². The first kappa shape index (κ1) is 21.3. The third-order valence-electron chi connectivity index (χ3n) is 4.00. The van der Waals surface area contributed by atoms with E-state index in [-0.39, 0.29) is 11.5 Å². The van der Waals surface area contributed by atoms with Gasteiger partial charge in [-0.15, -0.1) is 11.3 Å². The lowest BCUT2D eigenvalue weighted by atomic mass is 9.95. The van der Waals surface area contributed by atoms with Crippen LogP contribution in [0.1, 0.15) is 46.9 Å². The van der Waals surface area contributed by atoms with Crippen LogP contribution in [-0.4, -0.2) is 27.4 Å². The van der Waals surface area contributed by atoms with Gasteiger partial charge >= 0.3 is 5.97 Å². The van der Waals surface area contributed by atoms with Crippen LogP contribution < -0.4 is 5.43 Å². The zero-order chi connectivity index (χ0) is 20.5. The van der Waals surface area contributed by atoms with Crippen LogP contribution in [-0.2, 0) is 10.3 Å². The van der Waals surface area contributed by atoms with Gasteiger partial charge in [-0.05, 0) is 47.0 Å². The summed E-state index contributed by atoms with van der Waals surface area (Å²) >= 11 is 14.0. The number of thioether (sulfide) groups is 1. The molecule has 1 atom stereocenters. The van der Waals surface area contributed by atoms with E-state index in [0.29, 0.717) is 19.3 Å². The Kier molecular flexibility index (Phi) is 6.46. The van der Waals surface area contributed by atoms with E-state index < -0.39 is 5.97 Å². The second kappa shape index (κ2) is 8.51. The number of oxime groups is 1. The van der Waals surface area contributed by atoms with E-state index in [1.165, 1.54) is 23.1 Å². The highest BCUT2D eigenvalue weighted by molar-refractivity contribution is 8.33. The number of rotatable bonds is 3. The van der Waals surface area contributed by atoms with E-state index in [0.717, 1.165) is 10.4 Å². The van der Waals surface area contributed by atoms with Crippen LogP contribution >= 0.6 is 46.9 Å². The summed E-state index contributed by atoms with van der Waals surface area (Å²) < 4.78 is 0.589. The predicted octanol–water partition coefficient (Wildman–Crippen LogP) is 5.38. The largest absolute Gasteiger partial charge is 0.375 e. The van der Waals surface area contributed by atoms with Crippen molar-refractivity contribution in [3.05, 3.63) is 56.7 Å². The second-order valence-electron chi connectivity index (χ2n) is 7.26. The Morgan fingerprint density at radius 3 is 2.54 bits per heavy atom. The highest BCUT2D eigenvalue weighted by Gasteiger charge is 2.30. The Bertz CT molecular complexity index is 919. The average molecular weight is 454 g/mol. The van der Waals surface area contributed by atoms with Crippen molar-refractivity contribution in [2.75, 3.05) is 7.05 Å². The summed E-state index contributed by atoms with van der Waals surface area (Å²) in [6, 6.07) is 10.8. The summed E-state index contributed by atoms with van der Waals surface area (Å²) in [5.74, 6) is -0.478. The van der Waals surface area contributed by atoms with E-state index in [1.807, 2.05) is 25.2 Å². The SMILES string of the molecule is CN1NC(c2ccc(Cl)cc2)/C(=N/OC(=O)c2ccc(C(C)(C)C)s2)SC1=S. The van der Waals surface area contributed by atoms with Crippen molar-refractivity contribution in [3.63, 3.8) is 0 Å². The fraction of sp³-hybridized carbons (Fsp3) is 0.316. The molecule has 1 aliphatic rings. The number of carbonyl (C=O) groups is 1. The van der Waals surface area contributed by atoms with Crippen LogP contribution in [0.15, 0.2) is 41.6 Å². The summed E-state index contributed by atoms with van der Waals surface area (Å²) in [7, 11) is 1.83. The van der Waals surface area contributed by atoms with Gasteiger partial charge in [-0.1, -0.05) is 61.9 Å². The zero-order valence-corrected chi connectivity index (χ0v) is 19.1. The van der Waals surface area contributed by atoms with Crippen molar-refractivity contribution in [2.45, 2.75) is 32.2 Å². The minimum atomic E-state index is -0.478. The van der Waals surface area contributed by atoms with Crippen LogP contribution in [0.3, 0.4) is 0 Å². The molecule has 0 saturated carbocycles. The maximum atomic E-state index is 12.5. The van der Waals surface area contributed by atoms with Gasteiger partial charge in [0, 0.05) is 16.9 Å². The molecule has 28 heavy (non-hydrogen) atoms. The minimum absolute atomic E-state index is 0.0192. The number of carbonyl (C=O) groups excluding carboxylic acids is 1. The molecule has 2 heterocycles. The highest BCUT2D eigenvalue weighted by Crippen LogP contribution is 2.31. The molecule has 0 aliphatic carbocycles. The standard InChI is InChI=1S/C19H20ClN3O2S3/c1-19(2,3)14-10-9-13(27-14)17(24)25-22-16-15(21-23(4)18(26)28-16)11-5-7-12(20)8-6-11/h5-10,15,21H,1-4H3/b22-16-. The molecule has 1 unspecified atom stereocenters. The smallest absolute Gasteiger partial charge is 0.311 e. The van der Waals surface area contributed by atoms with Gasteiger partial charge in [-0.25, -0.2) is 10.2 Å². The molecule has 0 radical (unpaired) electrons. The minimum Gasteiger partial charge on any atom is -0.311 e. The molecule has 1 saturated heterocycles. The normalized spacial score (nSPS) is 19.2. The molecule has 1 aromatic carbocycles. The van der Waals surface area contributed by atoms with Gasteiger partial charge in [0.05, 0.1) is 0 Å². The quantitative estimate of drug-likeness (QED) is 0.382. The third kappa shape index (κ3) is 4.93. The zero-order valence-electron chi connectivity index (χ0n) is 15.9. The van der Waals surface area contributed by atoms with Crippen molar-refractivity contribution in [3.8, 4) is 0 Å². The van der Waals surface area contributed by atoms with Crippen LogP contribution in [0, 0.1) is 0 Å². The van der Waals surface area contributed by atoms with Crippen molar-refractivity contribution < 1.29 is 9.63 Å². The molecule has 1 aliphatic heterocycles. The Labute approximate surface area is 183 Å². The van der Waals surface area contributed by atoms with Gasteiger partial charge < -0.3 is 4.84 Å². The number of hydrogen-bond acceptors (Lipinski definition) is 7. The van der Waals surface area contributed by atoms with Gasteiger partial charge in [0.25, 0.3) is 0 Å². The van der Waals surface area contributed by atoms with E-state index in [1.54, 1.807) is 23.2 Å². The number of nitrogens with one attached hydrogen (secondary N) is 1. The fourth-order valence-corrected chi connectivity index (χ4v) is 4.56. The summed E-state index contributed by atoms with van der Waals surface area (Å²) in [6.07, 6.45) is 0. The summed E-state index contributed by atoms with van der Waals surface area (Å²) in [4.78, 5) is 19.3. The summed E-state index contributed by atoms with van der Waals surface area (Å²) in [6.45, 7) is 6.31. The van der Waals surface area contributed by atoms with Crippen LogP contribution in [0.5, 0.6) is 0 Å². The second-order valence-corrected chi connectivity index (χ2v) is 10.4. The van der Waals surface area contributed by atoms with E-state index in [2.05, 4.69) is 31.4 Å². The topological polar surface area (TPSA) is 53.9 Å². The van der Waals surface area contributed by atoms with Gasteiger partial charge in [-0.3, -0.25) is 5.01 Å². The Hall–Kier alpha value is -1.45. The van der Waals surface area contributed by atoms with Crippen molar-refractivity contribution in [1.82, 2.24) is 10.4 Å². The van der Waals surface area contributed by atoms with E-state index >= 15 is 0 Å². The van der Waals surface area contributed by atoms with Gasteiger partial charge in [0.1, 0.15) is 16.0 Å². The molecular formula is C19H20ClN3O2S3. The molecular weight excluding hydrogens is 434 g/mol. The molecule has 0 spiro atoms. The Morgan fingerprint density at radius 2 is 1.93 bits per heavy atom. The Morgan fingerprint density at radius 1 is 1.25 bits per heavy atom. The molecule has 5 nitrogen and oxygen atoms in total. The molecule has 0 bridgehead atoms. The summed E-state index contributed by atoms with van der Waals surface area (Å²) in [5.41, 5.74) is 4.17. The van der Waals surface area contributed by atoms with Crippen LogP contribution in [0.25, 0.3) is 0 Å². The lowest BCUT2D eigenvalue weighted by Crippen LogP contribution is -2.47. The number of nitrogens with zero attached hydrogens (tertiary/aromatic N) is 2. The first-order valence-electron chi connectivity index (χ1n) is 8.52. The lowest BCUT2D eigenvalue weighted by Gasteiger charge is -2.33. The number of halogens is 1. The van der Waals surface area contributed by atoms with Gasteiger partial charge in [-0.2, -0.15) is 0 Å². The van der Waals surface area contributed by atoms with Crippen molar-refractivity contribution in [1.29, 1.82) is 0 Å². The maximum absolute atomic E-state index is 12.5. The highest BCUT2D eigenvalue weighted by atomic mass is 35.5. The molecule has 9 heteroatoms. The predicted molar refractivity (Wildman–Crippen MR) is 121 cm³/mol. The summed E-state index contributed by atoms with van der Waals surface area (Å²) in [5, 5.41) is 7.08. The van der Waals surface area contributed by atoms with E-state index in [9.17, 15) is 4.79 Å². The van der Waals surface area contributed by atoms with Gasteiger partial charge in [0.2, 0.25) is 0 Å². The van der Waals surface area contributed by atoms with Crippen molar-refractivity contribution in [2.24, 2.45) is 5.16 Å². The molecule has 1 N–H and O–H groups in total. The maximum Gasteiger partial charge on any atom is 0.375 e. The fourth-order valence-electron chi connectivity index (χ4n) is 2.44. The average Bonchev–Trinajstić information content (AvgIpc) is 3.13. The lowest BCUT2D eigenvalue weighted by molar-refractivity contribution is 0.0521. The van der Waals surface area contributed by atoms with Crippen LogP contribution in [0.4, 0.5) is 0 Å². The Balaban J connectivity index is 1.80. The number of hydrazine groups is 1. The molecule has 0 amide bonds. The monoisotopic (exact) mass is 453 g/mol. The number of benzene rings is 1. The third-order valence-corrected chi connectivity index (χ3v) is 7.24. The molecule has 3 rings (SSSR count). The first-order chi connectivity index (χ1) is 13.1. The molecule has 1 aromatic heterocycles.